The Hall–Kier alpha value is -0.690. The summed E-state index contributed by atoms with van der Waals surface area (Å²) in [5.74, 6) is 2.37. The van der Waals surface area contributed by atoms with Crippen molar-refractivity contribution < 1.29 is 0 Å². The zero-order chi connectivity index (χ0) is 14.3. The Kier molecular flexibility index (Phi) is 3.99. The molecule has 3 rings (SSSR count). The van der Waals surface area contributed by atoms with Crippen LogP contribution in [0.3, 0.4) is 0 Å². The van der Waals surface area contributed by atoms with E-state index < -0.39 is 0 Å². The molecule has 1 aliphatic carbocycles. The van der Waals surface area contributed by atoms with Crippen molar-refractivity contribution in [2.45, 2.75) is 25.7 Å². The Morgan fingerprint density at radius 3 is 2.65 bits per heavy atom. The first-order valence-electron chi connectivity index (χ1n) is 6.62. The molecule has 20 heavy (non-hydrogen) atoms. The van der Waals surface area contributed by atoms with Crippen LogP contribution in [0.1, 0.15) is 30.0 Å². The minimum absolute atomic E-state index is 0.617. The zero-order valence-electron chi connectivity index (χ0n) is 11.4. The van der Waals surface area contributed by atoms with Crippen molar-refractivity contribution in [3.05, 3.63) is 37.5 Å². The van der Waals surface area contributed by atoms with E-state index in [4.69, 9.17) is 4.98 Å². The molecule has 1 fully saturated rings. The summed E-state index contributed by atoms with van der Waals surface area (Å²) in [4.78, 5) is 9.51. The third-order valence-electron chi connectivity index (χ3n) is 3.51. The van der Waals surface area contributed by atoms with Crippen LogP contribution in [-0.4, -0.2) is 17.0 Å². The molecule has 0 amide bonds. The number of benzene rings is 1. The second-order valence-electron chi connectivity index (χ2n) is 5.08. The van der Waals surface area contributed by atoms with Crippen molar-refractivity contribution in [1.29, 1.82) is 0 Å². The smallest absolute Gasteiger partial charge is 0.162 e. The third kappa shape index (κ3) is 2.70. The van der Waals surface area contributed by atoms with E-state index in [1.54, 1.807) is 0 Å². The number of hydrogen-bond donors (Lipinski definition) is 1. The van der Waals surface area contributed by atoms with Crippen LogP contribution in [0.2, 0.25) is 0 Å². The van der Waals surface area contributed by atoms with Crippen LogP contribution in [0.15, 0.2) is 22.7 Å². The summed E-state index contributed by atoms with van der Waals surface area (Å²) in [5.41, 5.74) is 3.48. The largest absolute Gasteiger partial charge is 0.372 e. The maximum atomic E-state index is 4.83. The number of aryl methyl sites for hydroxylation is 1. The van der Waals surface area contributed by atoms with E-state index in [0.29, 0.717) is 5.92 Å². The van der Waals surface area contributed by atoms with Gasteiger partial charge in [-0.1, -0.05) is 15.9 Å². The maximum Gasteiger partial charge on any atom is 0.162 e. The van der Waals surface area contributed by atoms with Crippen molar-refractivity contribution in [1.82, 2.24) is 9.97 Å². The first-order valence-corrected chi connectivity index (χ1v) is 8.49. The van der Waals surface area contributed by atoms with Gasteiger partial charge in [0.15, 0.2) is 5.82 Å². The van der Waals surface area contributed by atoms with E-state index in [-0.39, 0.29) is 0 Å². The molecule has 2 aromatic rings. The molecule has 1 saturated carbocycles. The van der Waals surface area contributed by atoms with E-state index >= 15 is 0 Å². The van der Waals surface area contributed by atoms with E-state index in [9.17, 15) is 0 Å². The lowest BCUT2D eigenvalue weighted by Gasteiger charge is -2.12. The summed E-state index contributed by atoms with van der Waals surface area (Å²) in [6, 6.07) is 6.23. The van der Waals surface area contributed by atoms with Crippen LogP contribution in [0.4, 0.5) is 5.82 Å². The summed E-state index contributed by atoms with van der Waals surface area (Å²) in [5, 5.41) is 3.19. The van der Waals surface area contributed by atoms with Gasteiger partial charge in [0.25, 0.3) is 0 Å². The zero-order valence-corrected chi connectivity index (χ0v) is 15.1. The van der Waals surface area contributed by atoms with E-state index in [1.165, 1.54) is 24.1 Å². The van der Waals surface area contributed by atoms with Crippen molar-refractivity contribution >= 4 is 44.3 Å². The molecule has 1 aliphatic rings. The maximum absolute atomic E-state index is 4.83. The monoisotopic (exact) mass is 443 g/mol. The van der Waals surface area contributed by atoms with Crippen LogP contribution in [0.25, 0.3) is 11.4 Å². The number of halogens is 2. The highest BCUT2D eigenvalue weighted by Gasteiger charge is 2.29. The lowest BCUT2D eigenvalue weighted by Crippen LogP contribution is -2.05. The standard InChI is InChI=1S/C15H15BrIN3/c1-8-7-10(16)5-6-11(8)14-19-13(9-3-4-9)12(17)15(18-2)20-14/h5-7,9H,3-4H2,1-2H3,(H,18,19,20). The number of hydrogen-bond acceptors (Lipinski definition) is 3. The van der Waals surface area contributed by atoms with Gasteiger partial charge < -0.3 is 5.32 Å². The van der Waals surface area contributed by atoms with Gasteiger partial charge in [-0.2, -0.15) is 0 Å². The first kappa shape index (κ1) is 14.3. The Morgan fingerprint density at radius 1 is 1.30 bits per heavy atom. The summed E-state index contributed by atoms with van der Waals surface area (Å²) >= 11 is 5.85. The predicted octanol–water partition coefficient (Wildman–Crippen LogP) is 4.74. The highest BCUT2D eigenvalue weighted by molar-refractivity contribution is 14.1. The van der Waals surface area contributed by atoms with Crippen LogP contribution < -0.4 is 5.32 Å². The Labute approximate surface area is 140 Å². The number of rotatable bonds is 3. The molecule has 0 unspecified atom stereocenters. The first-order chi connectivity index (χ1) is 9.60. The third-order valence-corrected chi connectivity index (χ3v) is 5.06. The summed E-state index contributed by atoms with van der Waals surface area (Å²) in [6.07, 6.45) is 2.49. The SMILES string of the molecule is CNc1nc(-c2ccc(Br)cc2C)nc(C2CC2)c1I. The summed E-state index contributed by atoms with van der Waals surface area (Å²) < 4.78 is 2.24. The molecule has 0 radical (unpaired) electrons. The highest BCUT2D eigenvalue weighted by atomic mass is 127. The summed E-state index contributed by atoms with van der Waals surface area (Å²) in [6.45, 7) is 2.09. The molecule has 1 N–H and O–H groups in total. The molecule has 1 heterocycles. The quantitative estimate of drug-likeness (QED) is 0.696. The predicted molar refractivity (Wildman–Crippen MR) is 94.1 cm³/mol. The molecule has 1 aromatic heterocycles. The fourth-order valence-corrected chi connectivity index (χ4v) is 3.68. The van der Waals surface area contributed by atoms with E-state index in [0.717, 1.165) is 25.2 Å². The fraction of sp³-hybridized carbons (Fsp3) is 0.333. The Balaban J connectivity index is 2.15. The van der Waals surface area contributed by atoms with Gasteiger partial charge in [0.1, 0.15) is 5.82 Å². The van der Waals surface area contributed by atoms with Crippen LogP contribution in [0, 0.1) is 10.5 Å². The van der Waals surface area contributed by atoms with Gasteiger partial charge in [-0.15, -0.1) is 0 Å². The van der Waals surface area contributed by atoms with Gasteiger partial charge >= 0.3 is 0 Å². The summed E-state index contributed by atoms with van der Waals surface area (Å²) in [7, 11) is 1.92. The Morgan fingerprint density at radius 2 is 2.05 bits per heavy atom. The average Bonchev–Trinajstić information content (AvgIpc) is 3.24. The second-order valence-corrected chi connectivity index (χ2v) is 7.07. The van der Waals surface area contributed by atoms with Crippen LogP contribution in [-0.2, 0) is 0 Å². The molecular weight excluding hydrogens is 429 g/mol. The lowest BCUT2D eigenvalue weighted by atomic mass is 10.1. The van der Waals surface area contributed by atoms with Crippen LogP contribution >= 0.6 is 38.5 Å². The lowest BCUT2D eigenvalue weighted by molar-refractivity contribution is 0.977. The molecule has 104 valence electrons. The molecule has 0 bridgehead atoms. The van der Waals surface area contributed by atoms with E-state index in [1.807, 2.05) is 13.1 Å². The van der Waals surface area contributed by atoms with E-state index in [2.05, 4.69) is 67.9 Å². The molecule has 1 aromatic carbocycles. The molecule has 0 saturated heterocycles. The molecule has 5 heteroatoms. The molecule has 3 nitrogen and oxygen atoms in total. The minimum Gasteiger partial charge on any atom is -0.372 e. The topological polar surface area (TPSA) is 37.8 Å². The van der Waals surface area contributed by atoms with Gasteiger partial charge in [0.05, 0.1) is 9.26 Å². The van der Waals surface area contributed by atoms with Crippen molar-refractivity contribution in [3.8, 4) is 11.4 Å². The molecule has 0 spiro atoms. The number of anilines is 1. The van der Waals surface area contributed by atoms with Gasteiger partial charge in [-0.3, -0.25) is 0 Å². The average molecular weight is 444 g/mol. The molecule has 0 atom stereocenters. The van der Waals surface area contributed by atoms with Gasteiger partial charge in [-0.05, 0) is 66.1 Å². The van der Waals surface area contributed by atoms with Gasteiger partial charge in [-0.25, -0.2) is 9.97 Å². The highest BCUT2D eigenvalue weighted by Crippen LogP contribution is 2.43. The normalized spacial score (nSPS) is 14.4. The van der Waals surface area contributed by atoms with Gasteiger partial charge in [0, 0.05) is 23.0 Å². The van der Waals surface area contributed by atoms with Crippen molar-refractivity contribution in [2.75, 3.05) is 12.4 Å². The molecule has 0 aliphatic heterocycles. The number of nitrogens with one attached hydrogen (secondary N) is 1. The molecular formula is C15H15BrIN3. The fourth-order valence-electron chi connectivity index (χ4n) is 2.26. The number of nitrogens with zero attached hydrogens (tertiary/aromatic N) is 2. The minimum atomic E-state index is 0.617. The van der Waals surface area contributed by atoms with Crippen molar-refractivity contribution in [2.24, 2.45) is 0 Å². The van der Waals surface area contributed by atoms with Gasteiger partial charge in [0.2, 0.25) is 0 Å². The second kappa shape index (κ2) is 5.60. The Bertz CT molecular complexity index is 668. The number of aromatic nitrogens is 2. The van der Waals surface area contributed by atoms with Crippen molar-refractivity contribution in [3.63, 3.8) is 0 Å². The van der Waals surface area contributed by atoms with Crippen LogP contribution in [0.5, 0.6) is 0 Å².